The highest BCUT2D eigenvalue weighted by Crippen LogP contribution is 2.34. The van der Waals surface area contributed by atoms with Crippen molar-refractivity contribution in [2.75, 3.05) is 26.4 Å². The first-order chi connectivity index (χ1) is 53.3. The van der Waals surface area contributed by atoms with E-state index in [0.29, 0.717) is 12.8 Å². The molecular formula is C90H175NO18. The molecule has 0 radical (unpaired) electrons. The third kappa shape index (κ3) is 49.6. The van der Waals surface area contributed by atoms with E-state index in [9.17, 15) is 61.0 Å². The summed E-state index contributed by atoms with van der Waals surface area (Å²) in [5.74, 6) is -0.231. The van der Waals surface area contributed by atoms with Gasteiger partial charge >= 0.3 is 0 Å². The van der Waals surface area contributed by atoms with Crippen LogP contribution in [0.3, 0.4) is 0 Å². The first-order valence-electron chi connectivity index (χ1n) is 46.8. The number of hydrogen-bond acceptors (Lipinski definition) is 18. The van der Waals surface area contributed by atoms with Crippen LogP contribution in [0.2, 0.25) is 0 Å². The molecule has 3 saturated heterocycles. The normalized spacial score (nSPS) is 25.2. The van der Waals surface area contributed by atoms with Gasteiger partial charge in [0.1, 0.15) is 73.2 Å². The van der Waals surface area contributed by atoms with Crippen molar-refractivity contribution in [2.45, 2.75) is 542 Å². The zero-order chi connectivity index (χ0) is 78.8. The van der Waals surface area contributed by atoms with Crippen LogP contribution in [0.5, 0.6) is 0 Å². The maximum Gasteiger partial charge on any atom is 0.220 e. The SMILES string of the molecule is CCCCCCCCCCCCCCCCCCCCCCCCCCCCCCCCCCCCCCCCCCCC(=O)NC(COC1OC(CO)C(OC2OC(CO)C(OC3OC(CO)C(O)C(O)C3O)C(O)C2O)C(O)C1O)C(O)CCCCCCCCCCCCCCCCCCCCCCCCC. The Hall–Kier alpha value is -1.21. The average Bonchev–Trinajstić information content (AvgIpc) is 0.760. The molecule has 0 bridgehead atoms. The molecule has 1 amide bonds. The molecule has 0 aliphatic carbocycles. The maximum atomic E-state index is 13.5. The summed E-state index contributed by atoms with van der Waals surface area (Å²) >= 11 is 0. The smallest absolute Gasteiger partial charge is 0.220 e. The summed E-state index contributed by atoms with van der Waals surface area (Å²) in [4.78, 5) is 13.5. The van der Waals surface area contributed by atoms with E-state index in [1.165, 1.54) is 360 Å². The third-order valence-electron chi connectivity index (χ3n) is 23.9. The van der Waals surface area contributed by atoms with Crippen LogP contribution in [-0.2, 0) is 33.2 Å². The Morgan fingerprint density at radius 2 is 0.523 bits per heavy atom. The fourth-order valence-electron chi connectivity index (χ4n) is 16.5. The minimum Gasteiger partial charge on any atom is -0.394 e. The molecule has 12 N–H and O–H groups in total. The Morgan fingerprint density at radius 1 is 0.294 bits per heavy atom. The molecule has 109 heavy (non-hydrogen) atoms. The minimum atomic E-state index is -1.97. The summed E-state index contributed by atoms with van der Waals surface area (Å²) in [5, 5.41) is 121. The number of hydrogen-bond donors (Lipinski definition) is 12. The van der Waals surface area contributed by atoms with Crippen LogP contribution in [0.15, 0.2) is 0 Å². The molecule has 0 saturated carbocycles. The van der Waals surface area contributed by atoms with E-state index in [1.54, 1.807) is 0 Å². The van der Waals surface area contributed by atoms with Gasteiger partial charge in [-0.25, -0.2) is 0 Å². The van der Waals surface area contributed by atoms with Gasteiger partial charge in [0.15, 0.2) is 18.9 Å². The summed E-state index contributed by atoms with van der Waals surface area (Å²) in [6.45, 7) is 1.89. The van der Waals surface area contributed by atoms with Gasteiger partial charge < -0.3 is 89.9 Å². The van der Waals surface area contributed by atoms with Crippen LogP contribution < -0.4 is 5.32 Å². The highest BCUT2D eigenvalue weighted by atomic mass is 16.8. The van der Waals surface area contributed by atoms with E-state index in [1.807, 2.05) is 0 Å². The topological polar surface area (TPSA) is 307 Å². The van der Waals surface area contributed by atoms with Crippen molar-refractivity contribution in [3.05, 3.63) is 0 Å². The fraction of sp³-hybridized carbons (Fsp3) is 0.989. The molecule has 648 valence electrons. The summed E-state index contributed by atoms with van der Waals surface area (Å²) in [6.07, 6.45) is 59.6. The van der Waals surface area contributed by atoms with E-state index in [4.69, 9.17) is 28.4 Å². The standard InChI is InChI=1S/C90H175NO18/c1-3-5-7-9-11-13-15-17-19-21-23-25-27-28-29-30-31-32-33-34-35-36-37-38-39-40-41-42-43-44-46-48-50-52-54-56-58-60-62-64-66-68-78(96)91-73(74(95)67-65-63-61-59-57-55-53-51-49-47-45-26-24-22-20-18-16-14-12-10-8-6-4-2)72-104-88-84(102)81(99)86(76(70-93)106-88)109-90-85(103)82(100)87(77(71-94)107-90)108-89-83(101)80(98)79(97)75(69-92)105-89/h73-77,79-90,92-95,97-103H,3-72H2,1-2H3,(H,91,96). The lowest BCUT2D eigenvalue weighted by Crippen LogP contribution is -2.66. The number of aliphatic hydroxyl groups is 11. The van der Waals surface area contributed by atoms with E-state index < -0.39 is 124 Å². The van der Waals surface area contributed by atoms with Gasteiger partial charge in [0.25, 0.3) is 0 Å². The molecule has 3 fully saturated rings. The van der Waals surface area contributed by atoms with Crippen molar-refractivity contribution in [1.82, 2.24) is 5.32 Å². The van der Waals surface area contributed by atoms with Gasteiger partial charge in [-0.15, -0.1) is 0 Å². The highest BCUT2D eigenvalue weighted by molar-refractivity contribution is 5.76. The van der Waals surface area contributed by atoms with Crippen molar-refractivity contribution in [3.8, 4) is 0 Å². The second-order valence-corrected chi connectivity index (χ2v) is 33.8. The lowest BCUT2D eigenvalue weighted by atomic mass is 9.96. The van der Waals surface area contributed by atoms with E-state index >= 15 is 0 Å². The van der Waals surface area contributed by atoms with Crippen LogP contribution in [0, 0.1) is 0 Å². The van der Waals surface area contributed by atoms with Gasteiger partial charge in [-0.1, -0.05) is 418 Å². The summed E-state index contributed by atoms with van der Waals surface area (Å²) in [5.41, 5.74) is 0. The number of ether oxygens (including phenoxy) is 6. The van der Waals surface area contributed by atoms with Crippen LogP contribution in [0.25, 0.3) is 0 Å². The Balaban J connectivity index is 1.27. The Kier molecular flexibility index (Phi) is 66.4. The lowest BCUT2D eigenvalue weighted by Gasteiger charge is -2.48. The zero-order valence-corrected chi connectivity index (χ0v) is 70.1. The summed E-state index contributed by atoms with van der Waals surface area (Å²) in [7, 11) is 0. The molecule has 3 aliphatic rings. The molecule has 0 aromatic carbocycles. The monoisotopic (exact) mass is 1560 g/mol. The summed E-state index contributed by atoms with van der Waals surface area (Å²) < 4.78 is 34.6. The number of rotatable bonds is 78. The van der Waals surface area contributed by atoms with E-state index in [2.05, 4.69) is 19.2 Å². The molecule has 19 nitrogen and oxygen atoms in total. The predicted octanol–water partition coefficient (Wildman–Crippen LogP) is 18.1. The molecule has 3 rings (SSSR count). The zero-order valence-electron chi connectivity index (χ0n) is 70.1. The van der Waals surface area contributed by atoms with Crippen LogP contribution in [0.4, 0.5) is 0 Å². The first-order valence-corrected chi connectivity index (χ1v) is 46.8. The van der Waals surface area contributed by atoms with Crippen molar-refractivity contribution in [2.24, 2.45) is 0 Å². The van der Waals surface area contributed by atoms with Crippen LogP contribution >= 0.6 is 0 Å². The number of aliphatic hydroxyl groups excluding tert-OH is 11. The molecule has 19 heteroatoms. The molecule has 3 heterocycles. The minimum absolute atomic E-state index is 0.231. The van der Waals surface area contributed by atoms with Crippen molar-refractivity contribution in [1.29, 1.82) is 0 Å². The van der Waals surface area contributed by atoms with Crippen LogP contribution in [-0.4, -0.2) is 193 Å². The predicted molar refractivity (Wildman–Crippen MR) is 439 cm³/mol. The molecule has 17 atom stereocenters. The van der Waals surface area contributed by atoms with Crippen LogP contribution in [0.1, 0.15) is 438 Å². The number of carbonyl (C=O) groups excluding carboxylic acids is 1. The fourth-order valence-corrected chi connectivity index (χ4v) is 16.5. The molecular weight excluding hydrogens is 1380 g/mol. The Bertz CT molecular complexity index is 1960. The van der Waals surface area contributed by atoms with Gasteiger partial charge in [-0.2, -0.15) is 0 Å². The van der Waals surface area contributed by atoms with Crippen molar-refractivity contribution < 1.29 is 89.4 Å². The van der Waals surface area contributed by atoms with Gasteiger partial charge in [0.05, 0.1) is 38.6 Å². The van der Waals surface area contributed by atoms with Gasteiger partial charge in [-0.05, 0) is 12.8 Å². The second kappa shape index (κ2) is 70.9. The Morgan fingerprint density at radius 3 is 0.798 bits per heavy atom. The second-order valence-electron chi connectivity index (χ2n) is 33.8. The quantitative estimate of drug-likeness (QED) is 0.0252. The molecule has 0 aromatic heterocycles. The Labute approximate surface area is 665 Å². The maximum absolute atomic E-state index is 13.5. The largest absolute Gasteiger partial charge is 0.394 e. The number of carbonyl (C=O) groups is 1. The first kappa shape index (κ1) is 102. The van der Waals surface area contributed by atoms with Crippen molar-refractivity contribution >= 4 is 5.91 Å². The number of unbranched alkanes of at least 4 members (excludes halogenated alkanes) is 62. The number of amides is 1. The van der Waals surface area contributed by atoms with Gasteiger partial charge in [-0.3, -0.25) is 4.79 Å². The van der Waals surface area contributed by atoms with Gasteiger partial charge in [0.2, 0.25) is 5.91 Å². The number of nitrogens with one attached hydrogen (secondary N) is 1. The molecule has 0 aromatic rings. The molecule has 0 spiro atoms. The van der Waals surface area contributed by atoms with E-state index in [-0.39, 0.29) is 18.9 Å². The molecule has 3 aliphatic heterocycles. The van der Waals surface area contributed by atoms with E-state index in [0.717, 1.165) is 44.9 Å². The highest BCUT2D eigenvalue weighted by Gasteiger charge is 2.54. The third-order valence-corrected chi connectivity index (χ3v) is 23.9. The average molecular weight is 1560 g/mol. The van der Waals surface area contributed by atoms with Crippen molar-refractivity contribution in [3.63, 3.8) is 0 Å². The molecule has 17 unspecified atom stereocenters. The van der Waals surface area contributed by atoms with Gasteiger partial charge in [0, 0.05) is 6.42 Å². The summed E-state index contributed by atoms with van der Waals surface area (Å²) in [6, 6.07) is -0.884. The lowest BCUT2D eigenvalue weighted by molar-refractivity contribution is -0.379.